The molecule has 2 aromatic carbocycles. The van der Waals surface area contributed by atoms with Crippen molar-refractivity contribution in [1.82, 2.24) is 5.32 Å². The first-order valence-corrected chi connectivity index (χ1v) is 8.48. The molecule has 0 aliphatic rings. The van der Waals surface area contributed by atoms with Crippen LogP contribution in [0, 0.1) is 10.1 Å². The molecule has 0 bridgehead atoms. The lowest BCUT2D eigenvalue weighted by Gasteiger charge is -2.10. The summed E-state index contributed by atoms with van der Waals surface area (Å²) in [6.07, 6.45) is 0. The zero-order valence-electron chi connectivity index (χ0n) is 15.1. The van der Waals surface area contributed by atoms with Crippen molar-refractivity contribution in [3.8, 4) is 5.75 Å². The van der Waals surface area contributed by atoms with E-state index in [4.69, 9.17) is 21.7 Å². The maximum atomic E-state index is 12.3. The van der Waals surface area contributed by atoms with Crippen LogP contribution in [0.15, 0.2) is 42.5 Å². The molecular weight excluding hydrogens is 386 g/mol. The first-order valence-electron chi connectivity index (χ1n) is 8.07. The predicted octanol–water partition coefficient (Wildman–Crippen LogP) is 2.91. The van der Waals surface area contributed by atoms with Crippen molar-refractivity contribution in [2.45, 2.75) is 6.92 Å². The van der Waals surface area contributed by atoms with E-state index >= 15 is 0 Å². The molecule has 0 fully saturated rings. The Bertz CT molecular complexity index is 914. The van der Waals surface area contributed by atoms with E-state index in [2.05, 4.69) is 10.6 Å². The summed E-state index contributed by atoms with van der Waals surface area (Å²) < 4.78 is 9.79. The molecule has 0 heterocycles. The second-order valence-electron chi connectivity index (χ2n) is 5.35. The van der Waals surface area contributed by atoms with Crippen molar-refractivity contribution >= 4 is 40.6 Å². The predicted molar refractivity (Wildman–Crippen MR) is 106 cm³/mol. The number of hydrogen-bond donors (Lipinski definition) is 2. The van der Waals surface area contributed by atoms with Crippen molar-refractivity contribution in [2.24, 2.45) is 0 Å². The quantitative estimate of drug-likeness (QED) is 0.327. The van der Waals surface area contributed by atoms with Crippen LogP contribution in [0.2, 0.25) is 0 Å². The van der Waals surface area contributed by atoms with E-state index in [1.165, 1.54) is 19.2 Å². The van der Waals surface area contributed by atoms with E-state index in [-0.39, 0.29) is 28.7 Å². The number of methoxy groups -OCH3 is 1. The SMILES string of the molecule is CCOC(=O)c1ccc(NC(=S)NC(=O)c2ccc(OC)c([N+](=O)[O-])c2)cc1. The molecule has 0 saturated heterocycles. The van der Waals surface area contributed by atoms with Gasteiger partial charge in [-0.25, -0.2) is 4.79 Å². The molecule has 2 N–H and O–H groups in total. The van der Waals surface area contributed by atoms with E-state index in [1.54, 1.807) is 31.2 Å². The van der Waals surface area contributed by atoms with Gasteiger partial charge in [0.25, 0.3) is 5.91 Å². The fraction of sp³-hybridized carbons (Fsp3) is 0.167. The number of hydrogen-bond acceptors (Lipinski definition) is 7. The highest BCUT2D eigenvalue weighted by molar-refractivity contribution is 7.80. The summed E-state index contributed by atoms with van der Waals surface area (Å²) >= 11 is 5.08. The fourth-order valence-corrected chi connectivity index (χ4v) is 2.43. The standard InChI is InChI=1S/C18H17N3O6S/c1-3-27-17(23)11-4-7-13(8-5-11)19-18(28)20-16(22)12-6-9-15(26-2)14(10-12)21(24)25/h4-10H,3H2,1-2H3,(H2,19,20,22,28). The summed E-state index contributed by atoms with van der Waals surface area (Å²) in [5, 5.41) is 16.3. The third-order valence-corrected chi connectivity index (χ3v) is 3.72. The van der Waals surface area contributed by atoms with Crippen LogP contribution in [0.25, 0.3) is 0 Å². The average Bonchev–Trinajstić information content (AvgIpc) is 2.67. The number of nitrogens with zero attached hydrogens (tertiary/aromatic N) is 1. The zero-order chi connectivity index (χ0) is 20.7. The zero-order valence-corrected chi connectivity index (χ0v) is 15.9. The molecule has 0 aliphatic heterocycles. The van der Waals surface area contributed by atoms with Gasteiger partial charge in [-0.1, -0.05) is 0 Å². The van der Waals surface area contributed by atoms with Crippen LogP contribution < -0.4 is 15.4 Å². The number of nitro groups is 1. The van der Waals surface area contributed by atoms with Gasteiger partial charge in [0.1, 0.15) is 0 Å². The van der Waals surface area contributed by atoms with Gasteiger partial charge < -0.3 is 14.8 Å². The maximum absolute atomic E-state index is 12.3. The van der Waals surface area contributed by atoms with E-state index in [1.807, 2.05) is 0 Å². The Balaban J connectivity index is 2.03. The van der Waals surface area contributed by atoms with Crippen molar-refractivity contribution < 1.29 is 24.0 Å². The molecule has 0 saturated carbocycles. The lowest BCUT2D eigenvalue weighted by atomic mass is 10.1. The Morgan fingerprint density at radius 2 is 1.79 bits per heavy atom. The van der Waals surface area contributed by atoms with Crippen molar-refractivity contribution in [1.29, 1.82) is 0 Å². The molecule has 10 heteroatoms. The molecule has 146 valence electrons. The Morgan fingerprint density at radius 1 is 1.14 bits per heavy atom. The van der Waals surface area contributed by atoms with E-state index in [0.29, 0.717) is 11.3 Å². The molecule has 2 aromatic rings. The highest BCUT2D eigenvalue weighted by Gasteiger charge is 2.18. The average molecular weight is 403 g/mol. The van der Waals surface area contributed by atoms with Gasteiger partial charge in [0.2, 0.25) is 0 Å². The number of rotatable bonds is 6. The minimum Gasteiger partial charge on any atom is -0.490 e. The Hall–Kier alpha value is -3.53. The molecule has 0 aromatic heterocycles. The second kappa shape index (κ2) is 9.42. The molecule has 2 rings (SSSR count). The summed E-state index contributed by atoms with van der Waals surface area (Å²) in [7, 11) is 1.30. The van der Waals surface area contributed by atoms with E-state index in [0.717, 1.165) is 6.07 Å². The van der Waals surface area contributed by atoms with Gasteiger partial charge in [-0.15, -0.1) is 0 Å². The topological polar surface area (TPSA) is 120 Å². The first-order chi connectivity index (χ1) is 13.3. The van der Waals surface area contributed by atoms with Crippen molar-refractivity contribution in [3.63, 3.8) is 0 Å². The lowest BCUT2D eigenvalue weighted by Crippen LogP contribution is -2.34. The molecule has 1 amide bonds. The van der Waals surface area contributed by atoms with Gasteiger partial charge >= 0.3 is 11.7 Å². The maximum Gasteiger partial charge on any atom is 0.338 e. The van der Waals surface area contributed by atoms with Crippen LogP contribution in [0.5, 0.6) is 5.75 Å². The molecule has 28 heavy (non-hydrogen) atoms. The Morgan fingerprint density at radius 3 is 2.36 bits per heavy atom. The number of amides is 1. The smallest absolute Gasteiger partial charge is 0.338 e. The molecular formula is C18H17N3O6S. The molecule has 9 nitrogen and oxygen atoms in total. The minimum absolute atomic E-state index is 0.00708. The first kappa shape index (κ1) is 20.8. The van der Waals surface area contributed by atoms with Crippen LogP contribution in [0.4, 0.5) is 11.4 Å². The van der Waals surface area contributed by atoms with Gasteiger partial charge in [-0.3, -0.25) is 20.2 Å². The number of benzene rings is 2. The number of esters is 1. The van der Waals surface area contributed by atoms with Gasteiger partial charge in [0.05, 0.1) is 24.2 Å². The number of ether oxygens (including phenoxy) is 2. The van der Waals surface area contributed by atoms with Crippen LogP contribution in [0.3, 0.4) is 0 Å². The lowest BCUT2D eigenvalue weighted by molar-refractivity contribution is -0.385. The van der Waals surface area contributed by atoms with Gasteiger partial charge in [0.15, 0.2) is 10.9 Å². The molecule has 0 radical (unpaired) electrons. The second-order valence-corrected chi connectivity index (χ2v) is 5.76. The normalized spacial score (nSPS) is 9.93. The number of carbonyl (C=O) groups is 2. The molecule has 0 spiro atoms. The third-order valence-electron chi connectivity index (χ3n) is 3.52. The summed E-state index contributed by atoms with van der Waals surface area (Å²) in [6.45, 7) is 1.99. The van der Waals surface area contributed by atoms with Crippen LogP contribution in [-0.2, 0) is 4.74 Å². The highest BCUT2D eigenvalue weighted by Crippen LogP contribution is 2.27. The monoisotopic (exact) mass is 403 g/mol. The number of thiocarbonyl (C=S) groups is 1. The fourth-order valence-electron chi connectivity index (χ4n) is 2.22. The van der Waals surface area contributed by atoms with Crippen LogP contribution >= 0.6 is 12.2 Å². The molecule has 0 aliphatic carbocycles. The summed E-state index contributed by atoms with van der Waals surface area (Å²) in [6, 6.07) is 10.1. The van der Waals surface area contributed by atoms with Gasteiger partial charge in [-0.05, 0) is 55.5 Å². The van der Waals surface area contributed by atoms with Crippen molar-refractivity contribution in [3.05, 3.63) is 63.7 Å². The summed E-state index contributed by atoms with van der Waals surface area (Å²) in [5.74, 6) is -1.01. The Labute approximate surface area is 165 Å². The summed E-state index contributed by atoms with van der Waals surface area (Å²) in [5.41, 5.74) is 0.643. The largest absolute Gasteiger partial charge is 0.490 e. The highest BCUT2D eigenvalue weighted by atomic mass is 32.1. The van der Waals surface area contributed by atoms with E-state index in [9.17, 15) is 19.7 Å². The summed E-state index contributed by atoms with van der Waals surface area (Å²) in [4.78, 5) is 34.3. The third kappa shape index (κ3) is 5.24. The molecule has 0 atom stereocenters. The van der Waals surface area contributed by atoms with Crippen LogP contribution in [0.1, 0.15) is 27.6 Å². The number of carbonyl (C=O) groups excluding carboxylic acids is 2. The van der Waals surface area contributed by atoms with Gasteiger partial charge in [0, 0.05) is 17.3 Å². The Kier molecular flexibility index (Phi) is 6.99. The number of nitrogens with one attached hydrogen (secondary N) is 2. The van der Waals surface area contributed by atoms with E-state index < -0.39 is 16.8 Å². The number of nitro benzene ring substituents is 1. The van der Waals surface area contributed by atoms with Crippen LogP contribution in [-0.4, -0.2) is 35.6 Å². The minimum atomic E-state index is -0.642. The van der Waals surface area contributed by atoms with Crippen molar-refractivity contribution in [2.75, 3.05) is 19.0 Å². The number of anilines is 1. The van der Waals surface area contributed by atoms with Gasteiger partial charge in [-0.2, -0.15) is 0 Å². The molecule has 0 unspecified atom stereocenters.